The van der Waals surface area contributed by atoms with Crippen LogP contribution in [0.3, 0.4) is 0 Å². The Bertz CT molecular complexity index is 564. The standard InChI is InChI=1S/C12H17N5OS2/c1-4-17-10(8(2)3)15-16-12(17)20-7-9(18)14-11-13-5-6-19-11/h5-6,8H,4,7H2,1-3H3,(H,13,14,18). The van der Waals surface area contributed by atoms with Crippen molar-refractivity contribution >= 4 is 34.1 Å². The van der Waals surface area contributed by atoms with E-state index in [4.69, 9.17) is 0 Å². The summed E-state index contributed by atoms with van der Waals surface area (Å²) in [7, 11) is 0. The molecule has 0 aliphatic carbocycles. The van der Waals surface area contributed by atoms with Crippen LogP contribution in [0.25, 0.3) is 0 Å². The van der Waals surface area contributed by atoms with Gasteiger partial charge in [0.25, 0.3) is 0 Å². The third-order valence-corrected chi connectivity index (χ3v) is 4.24. The summed E-state index contributed by atoms with van der Waals surface area (Å²) in [6, 6.07) is 0. The highest BCUT2D eigenvalue weighted by Gasteiger charge is 2.15. The second kappa shape index (κ2) is 6.85. The fourth-order valence-corrected chi connectivity index (χ4v) is 3.06. The van der Waals surface area contributed by atoms with Crippen LogP contribution in [0.4, 0.5) is 5.13 Å². The second-order valence-electron chi connectivity index (χ2n) is 4.41. The monoisotopic (exact) mass is 311 g/mol. The van der Waals surface area contributed by atoms with Gasteiger partial charge in [0, 0.05) is 24.0 Å². The molecule has 0 bridgehead atoms. The Kier molecular flexibility index (Phi) is 5.13. The molecule has 2 aromatic heterocycles. The first-order valence-electron chi connectivity index (χ1n) is 6.37. The lowest BCUT2D eigenvalue weighted by Crippen LogP contribution is -2.14. The Morgan fingerprint density at radius 2 is 2.30 bits per heavy atom. The van der Waals surface area contributed by atoms with Crippen molar-refractivity contribution in [2.75, 3.05) is 11.1 Å². The van der Waals surface area contributed by atoms with Gasteiger partial charge in [0.2, 0.25) is 5.91 Å². The number of rotatable bonds is 6. The van der Waals surface area contributed by atoms with E-state index < -0.39 is 0 Å². The van der Waals surface area contributed by atoms with E-state index in [0.717, 1.165) is 17.5 Å². The van der Waals surface area contributed by atoms with Gasteiger partial charge in [-0.05, 0) is 6.92 Å². The number of nitrogens with one attached hydrogen (secondary N) is 1. The number of amides is 1. The zero-order valence-electron chi connectivity index (χ0n) is 11.7. The van der Waals surface area contributed by atoms with Crippen molar-refractivity contribution in [2.45, 2.75) is 38.4 Å². The first-order chi connectivity index (χ1) is 9.61. The third-order valence-electron chi connectivity index (χ3n) is 2.59. The Labute approximate surface area is 126 Å². The van der Waals surface area contributed by atoms with Crippen molar-refractivity contribution in [3.63, 3.8) is 0 Å². The zero-order valence-corrected chi connectivity index (χ0v) is 13.3. The highest BCUT2D eigenvalue weighted by Crippen LogP contribution is 2.21. The molecule has 6 nitrogen and oxygen atoms in total. The summed E-state index contributed by atoms with van der Waals surface area (Å²) in [5, 5.41) is 14.3. The van der Waals surface area contributed by atoms with Crippen LogP contribution < -0.4 is 5.32 Å². The molecule has 0 aromatic carbocycles. The van der Waals surface area contributed by atoms with Gasteiger partial charge in [-0.1, -0.05) is 25.6 Å². The van der Waals surface area contributed by atoms with Crippen LogP contribution in [0, 0.1) is 0 Å². The molecule has 2 heterocycles. The number of nitrogens with zero attached hydrogens (tertiary/aromatic N) is 4. The predicted octanol–water partition coefficient (Wildman–Crippen LogP) is 2.61. The quantitative estimate of drug-likeness (QED) is 0.830. The first-order valence-corrected chi connectivity index (χ1v) is 8.23. The van der Waals surface area contributed by atoms with E-state index in [2.05, 4.69) is 41.3 Å². The maximum Gasteiger partial charge on any atom is 0.236 e. The molecule has 8 heteroatoms. The van der Waals surface area contributed by atoms with Crippen molar-refractivity contribution in [1.29, 1.82) is 0 Å². The summed E-state index contributed by atoms with van der Waals surface area (Å²) in [6.07, 6.45) is 1.66. The molecule has 0 aliphatic heterocycles. The summed E-state index contributed by atoms with van der Waals surface area (Å²) < 4.78 is 2.05. The van der Waals surface area contributed by atoms with Crippen LogP contribution in [-0.4, -0.2) is 31.4 Å². The molecule has 20 heavy (non-hydrogen) atoms. The SMILES string of the molecule is CCn1c(SCC(=O)Nc2nccs2)nnc1C(C)C. The molecule has 0 atom stereocenters. The van der Waals surface area contributed by atoms with E-state index in [1.165, 1.54) is 23.1 Å². The van der Waals surface area contributed by atoms with Crippen molar-refractivity contribution in [2.24, 2.45) is 0 Å². The first kappa shape index (κ1) is 15.0. The van der Waals surface area contributed by atoms with Gasteiger partial charge in [-0.15, -0.1) is 21.5 Å². The number of hydrogen-bond acceptors (Lipinski definition) is 6. The van der Waals surface area contributed by atoms with Crippen molar-refractivity contribution < 1.29 is 4.79 Å². The van der Waals surface area contributed by atoms with Crippen LogP contribution in [0.1, 0.15) is 32.5 Å². The summed E-state index contributed by atoms with van der Waals surface area (Å²) in [6.45, 7) is 7.02. The highest BCUT2D eigenvalue weighted by molar-refractivity contribution is 7.99. The van der Waals surface area contributed by atoms with Crippen LogP contribution >= 0.6 is 23.1 Å². The molecule has 0 saturated heterocycles. The largest absolute Gasteiger partial charge is 0.306 e. The van der Waals surface area contributed by atoms with Crippen LogP contribution in [0.15, 0.2) is 16.7 Å². The maximum absolute atomic E-state index is 11.8. The Hall–Kier alpha value is -1.41. The van der Waals surface area contributed by atoms with Crippen LogP contribution in [-0.2, 0) is 11.3 Å². The molecule has 2 rings (SSSR count). The summed E-state index contributed by atoms with van der Waals surface area (Å²) >= 11 is 2.80. The number of carbonyl (C=O) groups is 1. The molecule has 0 saturated carbocycles. The molecule has 108 valence electrons. The number of hydrogen-bond donors (Lipinski definition) is 1. The third kappa shape index (κ3) is 3.57. The maximum atomic E-state index is 11.8. The summed E-state index contributed by atoms with van der Waals surface area (Å²) in [5.74, 6) is 1.49. The van der Waals surface area contributed by atoms with E-state index >= 15 is 0 Å². The average molecular weight is 311 g/mol. The van der Waals surface area contributed by atoms with E-state index in [1.807, 2.05) is 9.95 Å². The van der Waals surface area contributed by atoms with Gasteiger partial charge in [-0.25, -0.2) is 4.98 Å². The molecule has 0 unspecified atom stereocenters. The molecule has 2 aromatic rings. The van der Waals surface area contributed by atoms with Crippen molar-refractivity contribution in [3.05, 3.63) is 17.4 Å². The van der Waals surface area contributed by atoms with Gasteiger partial charge < -0.3 is 9.88 Å². The minimum Gasteiger partial charge on any atom is -0.306 e. The van der Waals surface area contributed by atoms with Gasteiger partial charge >= 0.3 is 0 Å². The second-order valence-corrected chi connectivity index (χ2v) is 6.25. The average Bonchev–Trinajstić information content (AvgIpc) is 3.04. The molecule has 1 amide bonds. The predicted molar refractivity (Wildman–Crippen MR) is 81.3 cm³/mol. The molecule has 0 fully saturated rings. The number of aromatic nitrogens is 4. The van der Waals surface area contributed by atoms with Gasteiger partial charge in [-0.2, -0.15) is 0 Å². The molecule has 1 N–H and O–H groups in total. The summed E-state index contributed by atoms with van der Waals surface area (Å²) in [5.41, 5.74) is 0. The molecule has 0 radical (unpaired) electrons. The van der Waals surface area contributed by atoms with E-state index in [-0.39, 0.29) is 5.91 Å². The van der Waals surface area contributed by atoms with E-state index in [0.29, 0.717) is 16.8 Å². The van der Waals surface area contributed by atoms with Crippen molar-refractivity contribution in [1.82, 2.24) is 19.7 Å². The van der Waals surface area contributed by atoms with Gasteiger partial charge in [0.1, 0.15) is 5.82 Å². The lowest BCUT2D eigenvalue weighted by molar-refractivity contribution is -0.113. The molecule has 0 aliphatic rings. The van der Waals surface area contributed by atoms with Crippen molar-refractivity contribution in [3.8, 4) is 0 Å². The number of thioether (sulfide) groups is 1. The van der Waals surface area contributed by atoms with Crippen LogP contribution in [0.2, 0.25) is 0 Å². The fourth-order valence-electron chi connectivity index (χ4n) is 1.70. The lowest BCUT2D eigenvalue weighted by atomic mass is 10.2. The van der Waals surface area contributed by atoms with Gasteiger partial charge in [-0.3, -0.25) is 4.79 Å². The minimum atomic E-state index is -0.0818. The Morgan fingerprint density at radius 1 is 1.50 bits per heavy atom. The smallest absolute Gasteiger partial charge is 0.236 e. The topological polar surface area (TPSA) is 72.7 Å². The number of thiazole rings is 1. The highest BCUT2D eigenvalue weighted by atomic mass is 32.2. The normalized spacial score (nSPS) is 11.0. The summed E-state index contributed by atoms with van der Waals surface area (Å²) in [4.78, 5) is 15.8. The van der Waals surface area contributed by atoms with Crippen LogP contribution in [0.5, 0.6) is 0 Å². The Balaban J connectivity index is 1.95. The van der Waals surface area contributed by atoms with E-state index in [9.17, 15) is 4.79 Å². The Morgan fingerprint density at radius 3 is 2.90 bits per heavy atom. The molecular weight excluding hydrogens is 294 g/mol. The van der Waals surface area contributed by atoms with E-state index in [1.54, 1.807) is 6.20 Å². The molecular formula is C12H17N5OS2. The lowest BCUT2D eigenvalue weighted by Gasteiger charge is -2.08. The van der Waals surface area contributed by atoms with Gasteiger partial charge in [0.05, 0.1) is 5.75 Å². The molecule has 0 spiro atoms. The number of anilines is 1. The zero-order chi connectivity index (χ0) is 14.5. The van der Waals surface area contributed by atoms with Gasteiger partial charge in [0.15, 0.2) is 10.3 Å². The number of carbonyl (C=O) groups excluding carboxylic acids is 1. The fraction of sp³-hybridized carbons (Fsp3) is 0.500. The minimum absolute atomic E-state index is 0.0818.